The Morgan fingerprint density at radius 2 is 2.04 bits per heavy atom. The molecule has 0 unspecified atom stereocenters. The van der Waals surface area contributed by atoms with E-state index in [-0.39, 0.29) is 24.0 Å². The third-order valence-corrected chi connectivity index (χ3v) is 4.65. The minimum Gasteiger partial charge on any atom is -0.355 e. The van der Waals surface area contributed by atoms with Crippen molar-refractivity contribution in [3.05, 3.63) is 12.2 Å². The van der Waals surface area contributed by atoms with E-state index in [2.05, 4.69) is 44.2 Å². The number of halogens is 1. The molecule has 1 heterocycles. The Labute approximate surface area is 157 Å². The molecule has 0 radical (unpaired) electrons. The van der Waals surface area contributed by atoms with E-state index in [1.165, 1.54) is 32.1 Å². The summed E-state index contributed by atoms with van der Waals surface area (Å²) in [6, 6.07) is 0.565. The van der Waals surface area contributed by atoms with Gasteiger partial charge in [0, 0.05) is 32.6 Å². The zero-order chi connectivity index (χ0) is 15.8. The molecule has 23 heavy (non-hydrogen) atoms. The van der Waals surface area contributed by atoms with Crippen molar-refractivity contribution in [1.29, 1.82) is 0 Å². The summed E-state index contributed by atoms with van der Waals surface area (Å²) in [6.45, 7) is 6.09. The van der Waals surface area contributed by atoms with Crippen LogP contribution in [0.1, 0.15) is 51.8 Å². The smallest absolute Gasteiger partial charge is 0.191 e. The second-order valence-corrected chi connectivity index (χ2v) is 6.06. The molecule has 0 amide bonds. The van der Waals surface area contributed by atoms with Gasteiger partial charge in [0.15, 0.2) is 5.96 Å². The fraction of sp³-hybridized carbons (Fsp3) is 0.812. The third-order valence-electron chi connectivity index (χ3n) is 4.65. The van der Waals surface area contributed by atoms with Gasteiger partial charge in [0.25, 0.3) is 0 Å². The van der Waals surface area contributed by atoms with E-state index in [1.54, 1.807) is 6.33 Å². The molecule has 0 saturated heterocycles. The van der Waals surface area contributed by atoms with Crippen LogP contribution >= 0.6 is 24.0 Å². The number of guanidine groups is 1. The van der Waals surface area contributed by atoms with Crippen LogP contribution in [0.2, 0.25) is 0 Å². The summed E-state index contributed by atoms with van der Waals surface area (Å²) in [5, 5.41) is 15.0. The monoisotopic (exact) mass is 434 g/mol. The van der Waals surface area contributed by atoms with Gasteiger partial charge in [-0.05, 0) is 31.6 Å². The first-order valence-electron chi connectivity index (χ1n) is 8.60. The van der Waals surface area contributed by atoms with Gasteiger partial charge >= 0.3 is 0 Å². The van der Waals surface area contributed by atoms with Gasteiger partial charge in [0.2, 0.25) is 0 Å². The van der Waals surface area contributed by atoms with Crippen LogP contribution < -0.4 is 10.6 Å². The summed E-state index contributed by atoms with van der Waals surface area (Å²) < 4.78 is 2.09. The van der Waals surface area contributed by atoms with Crippen molar-refractivity contribution in [2.24, 2.45) is 10.9 Å². The van der Waals surface area contributed by atoms with E-state index < -0.39 is 0 Å². The van der Waals surface area contributed by atoms with E-state index in [4.69, 9.17) is 0 Å². The SMILES string of the molecule is CCc1nncn1CCNC(=NC)NC1CCC(CC)CC1.I. The van der Waals surface area contributed by atoms with Crippen LogP contribution in [0, 0.1) is 5.92 Å². The van der Waals surface area contributed by atoms with Gasteiger partial charge in [0.1, 0.15) is 12.2 Å². The lowest BCUT2D eigenvalue weighted by atomic mass is 9.84. The lowest BCUT2D eigenvalue weighted by Crippen LogP contribution is -2.45. The van der Waals surface area contributed by atoms with E-state index in [9.17, 15) is 0 Å². The molecular weight excluding hydrogens is 403 g/mol. The molecule has 0 bridgehead atoms. The molecular formula is C16H31IN6. The Balaban J connectivity index is 0.00000264. The highest BCUT2D eigenvalue weighted by atomic mass is 127. The first-order chi connectivity index (χ1) is 10.8. The Kier molecular flexibility index (Phi) is 9.50. The second kappa shape index (κ2) is 10.8. The average molecular weight is 434 g/mol. The van der Waals surface area contributed by atoms with Crippen LogP contribution in [0.25, 0.3) is 0 Å². The van der Waals surface area contributed by atoms with Crippen LogP contribution in [0.5, 0.6) is 0 Å². The number of hydrogen-bond acceptors (Lipinski definition) is 3. The molecule has 2 rings (SSSR count). The Hall–Kier alpha value is -0.860. The zero-order valence-electron chi connectivity index (χ0n) is 14.6. The minimum absolute atomic E-state index is 0. The standard InChI is InChI=1S/C16H30N6.HI/c1-4-13-6-8-14(9-7-13)20-16(17-3)18-10-11-22-12-19-21-15(22)5-2;/h12-14H,4-11H2,1-3H3,(H2,17,18,20);1H. The first-order valence-corrected chi connectivity index (χ1v) is 8.60. The number of aryl methyl sites for hydroxylation is 1. The molecule has 1 aliphatic carbocycles. The quantitative estimate of drug-likeness (QED) is 0.411. The molecule has 0 aliphatic heterocycles. The van der Waals surface area contributed by atoms with E-state index >= 15 is 0 Å². The predicted octanol–water partition coefficient (Wildman–Crippen LogP) is 2.59. The number of nitrogens with zero attached hydrogens (tertiary/aromatic N) is 4. The molecule has 132 valence electrons. The number of aliphatic imine (C=N–C) groups is 1. The van der Waals surface area contributed by atoms with Crippen LogP contribution in [-0.4, -0.2) is 40.4 Å². The van der Waals surface area contributed by atoms with Crippen LogP contribution in [0.3, 0.4) is 0 Å². The fourth-order valence-electron chi connectivity index (χ4n) is 3.14. The maximum absolute atomic E-state index is 4.34. The molecule has 6 nitrogen and oxygen atoms in total. The Morgan fingerprint density at radius 1 is 1.30 bits per heavy atom. The summed E-state index contributed by atoms with van der Waals surface area (Å²) in [6.07, 6.45) is 9.21. The average Bonchev–Trinajstić information content (AvgIpc) is 3.02. The zero-order valence-corrected chi connectivity index (χ0v) is 16.9. The molecule has 0 atom stereocenters. The van der Waals surface area contributed by atoms with Gasteiger partial charge in [-0.2, -0.15) is 0 Å². The molecule has 1 aromatic rings. The van der Waals surface area contributed by atoms with Gasteiger partial charge < -0.3 is 15.2 Å². The molecule has 1 aliphatic rings. The molecule has 1 saturated carbocycles. The van der Waals surface area contributed by atoms with Gasteiger partial charge in [-0.15, -0.1) is 34.2 Å². The Bertz CT molecular complexity index is 465. The van der Waals surface area contributed by atoms with Gasteiger partial charge in [0.05, 0.1) is 0 Å². The maximum atomic E-state index is 4.34. The minimum atomic E-state index is 0. The molecule has 1 aromatic heterocycles. The van der Waals surface area contributed by atoms with E-state index in [0.717, 1.165) is 37.2 Å². The van der Waals surface area contributed by atoms with Crippen molar-refractivity contribution in [2.45, 2.75) is 65.0 Å². The summed E-state index contributed by atoms with van der Waals surface area (Å²) >= 11 is 0. The maximum Gasteiger partial charge on any atom is 0.191 e. The van der Waals surface area contributed by atoms with E-state index in [0.29, 0.717) is 6.04 Å². The van der Waals surface area contributed by atoms with Crippen LogP contribution in [0.4, 0.5) is 0 Å². The molecule has 0 spiro atoms. The molecule has 2 N–H and O–H groups in total. The lowest BCUT2D eigenvalue weighted by molar-refractivity contribution is 0.304. The normalized spacial score (nSPS) is 21.6. The van der Waals surface area contributed by atoms with Crippen LogP contribution in [0.15, 0.2) is 11.3 Å². The molecule has 0 aromatic carbocycles. The highest BCUT2D eigenvalue weighted by Crippen LogP contribution is 2.26. The second-order valence-electron chi connectivity index (χ2n) is 6.06. The number of rotatable bonds is 6. The van der Waals surface area contributed by atoms with Gasteiger partial charge in [-0.25, -0.2) is 0 Å². The van der Waals surface area contributed by atoms with Crippen molar-refractivity contribution in [1.82, 2.24) is 25.4 Å². The van der Waals surface area contributed by atoms with E-state index in [1.807, 2.05) is 7.05 Å². The van der Waals surface area contributed by atoms with Crippen molar-refractivity contribution >= 4 is 29.9 Å². The highest BCUT2D eigenvalue weighted by molar-refractivity contribution is 14.0. The van der Waals surface area contributed by atoms with Crippen molar-refractivity contribution in [3.63, 3.8) is 0 Å². The molecule has 1 fully saturated rings. The van der Waals surface area contributed by atoms with Crippen molar-refractivity contribution in [2.75, 3.05) is 13.6 Å². The van der Waals surface area contributed by atoms with Gasteiger partial charge in [-0.3, -0.25) is 4.99 Å². The lowest BCUT2D eigenvalue weighted by Gasteiger charge is -2.29. The fourth-order valence-corrected chi connectivity index (χ4v) is 3.14. The highest BCUT2D eigenvalue weighted by Gasteiger charge is 2.20. The number of nitrogens with one attached hydrogen (secondary N) is 2. The van der Waals surface area contributed by atoms with Crippen molar-refractivity contribution in [3.8, 4) is 0 Å². The summed E-state index contributed by atoms with van der Waals surface area (Å²) in [5.41, 5.74) is 0. The predicted molar refractivity (Wildman–Crippen MR) is 105 cm³/mol. The van der Waals surface area contributed by atoms with Crippen molar-refractivity contribution < 1.29 is 0 Å². The number of aromatic nitrogens is 3. The molecule has 7 heteroatoms. The number of hydrogen-bond donors (Lipinski definition) is 2. The Morgan fingerprint density at radius 3 is 2.65 bits per heavy atom. The first kappa shape index (κ1) is 20.2. The summed E-state index contributed by atoms with van der Waals surface area (Å²) in [5.74, 6) is 2.86. The van der Waals surface area contributed by atoms with Crippen LogP contribution in [-0.2, 0) is 13.0 Å². The largest absolute Gasteiger partial charge is 0.355 e. The van der Waals surface area contributed by atoms with Gasteiger partial charge in [-0.1, -0.05) is 20.3 Å². The topological polar surface area (TPSA) is 67.1 Å². The summed E-state index contributed by atoms with van der Waals surface area (Å²) in [7, 11) is 1.84. The summed E-state index contributed by atoms with van der Waals surface area (Å²) in [4.78, 5) is 4.34. The third kappa shape index (κ3) is 6.27.